The zero-order chi connectivity index (χ0) is 12.3. The minimum absolute atomic E-state index is 0.422. The maximum absolute atomic E-state index is 6.19. The largest absolute Gasteiger partial charge is 0.496 e. The highest BCUT2D eigenvalue weighted by molar-refractivity contribution is 6.31. The molecule has 0 bridgehead atoms. The fourth-order valence-electron chi connectivity index (χ4n) is 1.85. The average molecular weight is 239 g/mol. The van der Waals surface area contributed by atoms with E-state index in [1.165, 1.54) is 5.56 Å². The van der Waals surface area contributed by atoms with Gasteiger partial charge >= 0.3 is 0 Å². The molecule has 1 aromatic carbocycles. The van der Waals surface area contributed by atoms with Crippen LogP contribution in [0.4, 0.5) is 0 Å². The van der Waals surface area contributed by atoms with Gasteiger partial charge in [-0.25, -0.2) is 0 Å². The van der Waals surface area contributed by atoms with E-state index in [0.717, 1.165) is 28.3 Å². The molecule has 0 saturated carbocycles. The number of ether oxygens (including phenoxy) is 1. The van der Waals surface area contributed by atoms with Crippen molar-refractivity contribution in [2.24, 2.45) is 5.92 Å². The SMILES string of the molecule is C=CC(C)Cc1c(C)c(Cl)cc(C)c1OC. The summed E-state index contributed by atoms with van der Waals surface area (Å²) in [5.41, 5.74) is 3.39. The second kappa shape index (κ2) is 5.40. The fraction of sp³-hybridized carbons (Fsp3) is 0.429. The number of allylic oxidation sites excluding steroid dienone is 1. The molecule has 16 heavy (non-hydrogen) atoms. The Balaban J connectivity index is 3.27. The van der Waals surface area contributed by atoms with Gasteiger partial charge in [0.25, 0.3) is 0 Å². The van der Waals surface area contributed by atoms with Crippen molar-refractivity contribution < 1.29 is 4.74 Å². The summed E-state index contributed by atoms with van der Waals surface area (Å²) in [6, 6.07) is 1.96. The summed E-state index contributed by atoms with van der Waals surface area (Å²) < 4.78 is 5.46. The molecule has 0 aliphatic rings. The van der Waals surface area contributed by atoms with Crippen molar-refractivity contribution in [2.75, 3.05) is 7.11 Å². The third kappa shape index (κ3) is 2.59. The number of halogens is 1. The van der Waals surface area contributed by atoms with E-state index in [2.05, 4.69) is 13.5 Å². The van der Waals surface area contributed by atoms with Gasteiger partial charge in [-0.2, -0.15) is 0 Å². The lowest BCUT2D eigenvalue weighted by Gasteiger charge is -2.17. The predicted molar refractivity (Wildman–Crippen MR) is 70.5 cm³/mol. The lowest BCUT2D eigenvalue weighted by Crippen LogP contribution is -2.03. The Kier molecular flexibility index (Phi) is 4.43. The fourth-order valence-corrected chi connectivity index (χ4v) is 2.13. The Morgan fingerprint density at radius 3 is 2.62 bits per heavy atom. The number of methoxy groups -OCH3 is 1. The van der Waals surface area contributed by atoms with Crippen molar-refractivity contribution in [3.05, 3.63) is 40.4 Å². The van der Waals surface area contributed by atoms with Crippen LogP contribution in [0, 0.1) is 19.8 Å². The van der Waals surface area contributed by atoms with Crippen molar-refractivity contribution >= 4 is 11.6 Å². The quantitative estimate of drug-likeness (QED) is 0.710. The number of rotatable bonds is 4. The van der Waals surface area contributed by atoms with Crippen molar-refractivity contribution in [1.82, 2.24) is 0 Å². The predicted octanol–water partition coefficient (Wildman–Crippen LogP) is 4.33. The minimum Gasteiger partial charge on any atom is -0.496 e. The maximum atomic E-state index is 6.19. The van der Waals surface area contributed by atoms with Crippen LogP contribution in [0.2, 0.25) is 5.02 Å². The van der Waals surface area contributed by atoms with Crippen LogP contribution in [-0.2, 0) is 6.42 Å². The van der Waals surface area contributed by atoms with Gasteiger partial charge in [0.05, 0.1) is 7.11 Å². The zero-order valence-electron chi connectivity index (χ0n) is 10.4. The van der Waals surface area contributed by atoms with Crippen LogP contribution in [-0.4, -0.2) is 7.11 Å². The van der Waals surface area contributed by atoms with Crippen molar-refractivity contribution in [3.8, 4) is 5.75 Å². The molecule has 0 N–H and O–H groups in total. The molecule has 2 heteroatoms. The molecule has 1 atom stereocenters. The second-order valence-electron chi connectivity index (χ2n) is 4.23. The molecule has 0 aliphatic heterocycles. The third-order valence-electron chi connectivity index (χ3n) is 2.92. The molecule has 0 heterocycles. The van der Waals surface area contributed by atoms with Crippen LogP contribution >= 0.6 is 11.6 Å². The van der Waals surface area contributed by atoms with Crippen LogP contribution in [0.15, 0.2) is 18.7 Å². The number of aryl methyl sites for hydroxylation is 1. The average Bonchev–Trinajstić information content (AvgIpc) is 2.25. The van der Waals surface area contributed by atoms with Crippen LogP contribution in [0.3, 0.4) is 0 Å². The number of hydrogen-bond donors (Lipinski definition) is 0. The van der Waals surface area contributed by atoms with E-state index in [9.17, 15) is 0 Å². The van der Waals surface area contributed by atoms with Crippen LogP contribution in [0.1, 0.15) is 23.6 Å². The first-order chi connectivity index (χ1) is 7.51. The minimum atomic E-state index is 0.422. The number of benzene rings is 1. The molecule has 1 unspecified atom stereocenters. The van der Waals surface area contributed by atoms with E-state index >= 15 is 0 Å². The summed E-state index contributed by atoms with van der Waals surface area (Å²) in [5.74, 6) is 1.38. The molecule has 0 amide bonds. The molecular formula is C14H19ClO. The van der Waals surface area contributed by atoms with Gasteiger partial charge < -0.3 is 4.74 Å². The van der Waals surface area contributed by atoms with Crippen molar-refractivity contribution in [1.29, 1.82) is 0 Å². The zero-order valence-corrected chi connectivity index (χ0v) is 11.2. The monoisotopic (exact) mass is 238 g/mol. The molecule has 0 aromatic heterocycles. The van der Waals surface area contributed by atoms with Gasteiger partial charge in [-0.3, -0.25) is 0 Å². The van der Waals surface area contributed by atoms with E-state index < -0.39 is 0 Å². The lowest BCUT2D eigenvalue weighted by molar-refractivity contribution is 0.404. The summed E-state index contributed by atoms with van der Waals surface area (Å²) >= 11 is 6.19. The number of hydrogen-bond acceptors (Lipinski definition) is 1. The summed E-state index contributed by atoms with van der Waals surface area (Å²) in [7, 11) is 1.71. The van der Waals surface area contributed by atoms with E-state index in [0.29, 0.717) is 5.92 Å². The molecule has 0 saturated heterocycles. The Bertz CT molecular complexity index is 396. The summed E-state index contributed by atoms with van der Waals surface area (Å²) in [6.07, 6.45) is 2.87. The Morgan fingerprint density at radius 2 is 2.12 bits per heavy atom. The van der Waals surface area contributed by atoms with Gasteiger partial charge in [0.1, 0.15) is 5.75 Å². The molecule has 0 radical (unpaired) electrons. The van der Waals surface area contributed by atoms with Crippen LogP contribution in [0.25, 0.3) is 0 Å². The standard InChI is InChI=1S/C14H19ClO/c1-6-9(2)7-12-11(4)13(15)8-10(3)14(12)16-5/h6,8-9H,1,7H2,2-5H3. The first kappa shape index (κ1) is 13.1. The van der Waals surface area contributed by atoms with Crippen molar-refractivity contribution in [3.63, 3.8) is 0 Å². The van der Waals surface area contributed by atoms with Crippen molar-refractivity contribution in [2.45, 2.75) is 27.2 Å². The van der Waals surface area contributed by atoms with Gasteiger partial charge in [0, 0.05) is 5.02 Å². The molecule has 88 valence electrons. The van der Waals surface area contributed by atoms with Gasteiger partial charge in [0.15, 0.2) is 0 Å². The normalized spacial score (nSPS) is 12.3. The third-order valence-corrected chi connectivity index (χ3v) is 3.31. The molecule has 0 spiro atoms. The molecular weight excluding hydrogens is 220 g/mol. The van der Waals surface area contributed by atoms with Crippen LogP contribution < -0.4 is 4.74 Å². The summed E-state index contributed by atoms with van der Waals surface area (Å²) in [5, 5.41) is 0.810. The molecule has 1 rings (SSSR count). The first-order valence-corrected chi connectivity index (χ1v) is 5.84. The first-order valence-electron chi connectivity index (χ1n) is 5.46. The maximum Gasteiger partial charge on any atom is 0.125 e. The Hall–Kier alpha value is -0.950. The van der Waals surface area contributed by atoms with E-state index in [1.54, 1.807) is 7.11 Å². The van der Waals surface area contributed by atoms with Crippen LogP contribution in [0.5, 0.6) is 5.75 Å². The van der Waals surface area contributed by atoms with Gasteiger partial charge in [-0.1, -0.05) is 24.6 Å². The van der Waals surface area contributed by atoms with Gasteiger partial charge in [-0.15, -0.1) is 6.58 Å². The highest BCUT2D eigenvalue weighted by Crippen LogP contribution is 2.33. The lowest BCUT2D eigenvalue weighted by atomic mass is 9.94. The van der Waals surface area contributed by atoms with E-state index in [-0.39, 0.29) is 0 Å². The topological polar surface area (TPSA) is 9.23 Å². The highest BCUT2D eigenvalue weighted by atomic mass is 35.5. The van der Waals surface area contributed by atoms with Gasteiger partial charge in [0.2, 0.25) is 0 Å². The van der Waals surface area contributed by atoms with Gasteiger partial charge in [-0.05, 0) is 48.9 Å². The Labute approximate surface area is 103 Å². The molecule has 0 aliphatic carbocycles. The molecule has 1 nitrogen and oxygen atoms in total. The smallest absolute Gasteiger partial charge is 0.125 e. The molecule has 0 fully saturated rings. The van der Waals surface area contributed by atoms with E-state index in [4.69, 9.17) is 16.3 Å². The summed E-state index contributed by atoms with van der Waals surface area (Å²) in [6.45, 7) is 10.0. The molecule has 1 aromatic rings. The Morgan fingerprint density at radius 1 is 1.50 bits per heavy atom. The highest BCUT2D eigenvalue weighted by Gasteiger charge is 2.14. The summed E-state index contributed by atoms with van der Waals surface area (Å²) in [4.78, 5) is 0. The second-order valence-corrected chi connectivity index (χ2v) is 4.64. The van der Waals surface area contributed by atoms with E-state index in [1.807, 2.05) is 26.0 Å².